The van der Waals surface area contributed by atoms with Gasteiger partial charge in [-0.05, 0) is 70.6 Å². The first-order chi connectivity index (χ1) is 30.1. The van der Waals surface area contributed by atoms with Crippen LogP contribution >= 0.6 is 0 Å². The van der Waals surface area contributed by atoms with Crippen LogP contribution in [0.3, 0.4) is 0 Å². The van der Waals surface area contributed by atoms with E-state index in [1.807, 2.05) is 0 Å². The highest BCUT2D eigenvalue weighted by Crippen LogP contribution is 2.26. The van der Waals surface area contributed by atoms with Crippen molar-refractivity contribution in [1.29, 1.82) is 0 Å². The van der Waals surface area contributed by atoms with E-state index in [0.29, 0.717) is 13.0 Å². The molecular weight excluding hydrogens is 801 g/mol. The van der Waals surface area contributed by atoms with E-state index in [2.05, 4.69) is 74.6 Å². The third-order valence-electron chi connectivity index (χ3n) is 10.7. The summed E-state index contributed by atoms with van der Waals surface area (Å²) in [6.45, 7) is 3.42. The molecule has 14 nitrogen and oxygen atoms in total. The molecule has 2 fully saturated rings. The van der Waals surface area contributed by atoms with E-state index in [0.717, 1.165) is 109 Å². The lowest BCUT2D eigenvalue weighted by Gasteiger charge is -2.42. The van der Waals surface area contributed by atoms with E-state index in [1.54, 1.807) is 0 Å². The monoisotopic (exact) mass is 883 g/mol. The second-order valence-corrected chi connectivity index (χ2v) is 16.2. The van der Waals surface area contributed by atoms with E-state index in [4.69, 9.17) is 28.4 Å². The molecular formula is C48H82O14. The van der Waals surface area contributed by atoms with Gasteiger partial charge in [0, 0.05) is 13.0 Å². The minimum absolute atomic E-state index is 0.0424. The molecule has 0 radical (unpaired) electrons. The Balaban J connectivity index is 1.80. The summed E-state index contributed by atoms with van der Waals surface area (Å²) in [5, 5.41) is 71.9. The minimum Gasteiger partial charge on any atom is -0.457 e. The molecule has 0 bridgehead atoms. The van der Waals surface area contributed by atoms with E-state index in [-0.39, 0.29) is 19.6 Å². The summed E-state index contributed by atoms with van der Waals surface area (Å²) in [5.41, 5.74) is 0. The van der Waals surface area contributed by atoms with Crippen molar-refractivity contribution in [2.75, 3.05) is 33.0 Å². The number of rotatable bonds is 35. The molecule has 358 valence electrons. The van der Waals surface area contributed by atoms with Crippen molar-refractivity contribution in [3.63, 3.8) is 0 Å². The maximum absolute atomic E-state index is 12.9. The lowest BCUT2D eigenvalue weighted by atomic mass is 9.98. The van der Waals surface area contributed by atoms with Crippen molar-refractivity contribution in [3.8, 4) is 0 Å². The number of carbonyl (C=O) groups is 1. The fourth-order valence-electron chi connectivity index (χ4n) is 6.92. The van der Waals surface area contributed by atoms with Gasteiger partial charge in [0.25, 0.3) is 0 Å². The lowest BCUT2D eigenvalue weighted by molar-refractivity contribution is -0.332. The molecule has 0 aromatic carbocycles. The molecule has 2 aliphatic heterocycles. The Labute approximate surface area is 371 Å². The highest BCUT2D eigenvalue weighted by molar-refractivity contribution is 5.69. The number of aliphatic hydroxyl groups excluding tert-OH is 7. The van der Waals surface area contributed by atoms with Crippen LogP contribution in [0.15, 0.2) is 60.8 Å². The average Bonchev–Trinajstić information content (AvgIpc) is 3.27. The van der Waals surface area contributed by atoms with Crippen LogP contribution < -0.4 is 0 Å². The molecule has 0 aromatic heterocycles. The molecule has 2 rings (SSSR count). The second-order valence-electron chi connectivity index (χ2n) is 16.2. The van der Waals surface area contributed by atoms with Gasteiger partial charge >= 0.3 is 5.97 Å². The van der Waals surface area contributed by atoms with Crippen molar-refractivity contribution >= 4 is 5.97 Å². The lowest BCUT2D eigenvalue weighted by Crippen LogP contribution is -2.61. The number of hydrogen-bond donors (Lipinski definition) is 7. The van der Waals surface area contributed by atoms with Crippen molar-refractivity contribution < 1.29 is 69.0 Å². The Morgan fingerprint density at radius 3 is 1.66 bits per heavy atom. The molecule has 0 saturated carbocycles. The zero-order chi connectivity index (χ0) is 45.2. The first-order valence-corrected chi connectivity index (χ1v) is 23.4. The number of allylic oxidation sites excluding steroid dienone is 10. The zero-order valence-corrected chi connectivity index (χ0v) is 37.6. The van der Waals surface area contributed by atoms with E-state index < -0.39 is 86.7 Å². The van der Waals surface area contributed by atoms with Gasteiger partial charge in [-0.2, -0.15) is 0 Å². The number of hydrogen-bond acceptors (Lipinski definition) is 14. The highest BCUT2D eigenvalue weighted by atomic mass is 16.7. The zero-order valence-electron chi connectivity index (χ0n) is 37.6. The van der Waals surface area contributed by atoms with Crippen LogP contribution in [0, 0.1) is 0 Å². The van der Waals surface area contributed by atoms with Gasteiger partial charge in [0.05, 0.1) is 26.4 Å². The fraction of sp³-hybridized carbons (Fsp3) is 0.771. The first-order valence-electron chi connectivity index (χ1n) is 23.4. The number of aliphatic hydroxyl groups is 7. The van der Waals surface area contributed by atoms with Gasteiger partial charge in [-0.1, -0.05) is 120 Å². The Kier molecular flexibility index (Phi) is 32.4. The Bertz CT molecular complexity index is 1250. The quantitative estimate of drug-likeness (QED) is 0.0228. The summed E-state index contributed by atoms with van der Waals surface area (Å²) in [5.74, 6) is -0.399. The van der Waals surface area contributed by atoms with Crippen LogP contribution in [0.4, 0.5) is 0 Å². The van der Waals surface area contributed by atoms with Gasteiger partial charge in [-0.3, -0.25) is 4.79 Å². The summed E-state index contributed by atoms with van der Waals surface area (Å²) in [6, 6.07) is 0. The largest absolute Gasteiger partial charge is 0.457 e. The SMILES string of the molecule is CC/C=C\C/C=C\C/C=C\C/C=C\CCCCCCCOCC(COC1OC(COC2OC(CO)C(O)C(O)C2O)C(O)C(O)C1O)OC(=O)CCCCCCC/C=C\CCC. The summed E-state index contributed by atoms with van der Waals surface area (Å²) >= 11 is 0. The third kappa shape index (κ3) is 24.1. The molecule has 7 N–H and O–H groups in total. The third-order valence-corrected chi connectivity index (χ3v) is 10.7. The predicted molar refractivity (Wildman–Crippen MR) is 238 cm³/mol. The summed E-state index contributed by atoms with van der Waals surface area (Å²) in [7, 11) is 0. The maximum atomic E-state index is 12.9. The van der Waals surface area contributed by atoms with Crippen molar-refractivity contribution in [1.82, 2.24) is 0 Å². The molecule has 2 heterocycles. The van der Waals surface area contributed by atoms with Crippen LogP contribution in [-0.2, 0) is 33.2 Å². The Hall–Kier alpha value is -2.31. The van der Waals surface area contributed by atoms with E-state index >= 15 is 0 Å². The first kappa shape index (κ1) is 55.8. The molecule has 2 aliphatic rings. The number of ether oxygens (including phenoxy) is 6. The molecule has 62 heavy (non-hydrogen) atoms. The Morgan fingerprint density at radius 2 is 1.05 bits per heavy atom. The normalized spacial score (nSPS) is 27.8. The Morgan fingerprint density at radius 1 is 0.548 bits per heavy atom. The van der Waals surface area contributed by atoms with Crippen LogP contribution in [0.1, 0.15) is 136 Å². The predicted octanol–water partition coefficient (Wildman–Crippen LogP) is 5.79. The molecule has 2 saturated heterocycles. The molecule has 0 aromatic rings. The van der Waals surface area contributed by atoms with Crippen molar-refractivity contribution in [3.05, 3.63) is 60.8 Å². The molecule has 11 unspecified atom stereocenters. The molecule has 0 aliphatic carbocycles. The van der Waals surface area contributed by atoms with Gasteiger partial charge in [-0.15, -0.1) is 0 Å². The van der Waals surface area contributed by atoms with Crippen LogP contribution in [0.2, 0.25) is 0 Å². The molecule has 11 atom stereocenters. The van der Waals surface area contributed by atoms with Crippen molar-refractivity contribution in [2.45, 2.75) is 203 Å². The summed E-state index contributed by atoms with van der Waals surface area (Å²) < 4.78 is 34.1. The highest BCUT2D eigenvalue weighted by Gasteiger charge is 2.47. The van der Waals surface area contributed by atoms with Gasteiger partial charge < -0.3 is 64.2 Å². The fourth-order valence-corrected chi connectivity index (χ4v) is 6.92. The van der Waals surface area contributed by atoms with E-state index in [1.165, 1.54) is 0 Å². The summed E-state index contributed by atoms with van der Waals surface area (Å²) in [4.78, 5) is 12.9. The standard InChI is InChI=1S/C48H82O14/c1-3-5-7-9-11-13-15-16-17-18-19-20-21-22-24-26-28-30-32-57-34-37(60-40(50)31-29-27-25-23-14-12-10-8-6-4-2)35-58-47-46(56)44(54)42(52)39(62-47)36-59-48-45(55)43(53)41(51)38(33-49)61-48/h5,7-8,10-11,13,16-17,19-20,37-39,41-49,51-56H,3-4,6,9,12,14-15,18,21-36H2,1-2H3/b7-5-,10-8-,13-11-,17-16-,20-19-. The second kappa shape index (κ2) is 36.0. The van der Waals surface area contributed by atoms with Gasteiger partial charge in [0.2, 0.25) is 0 Å². The van der Waals surface area contributed by atoms with Crippen molar-refractivity contribution in [2.24, 2.45) is 0 Å². The van der Waals surface area contributed by atoms with Gasteiger partial charge in [0.15, 0.2) is 12.6 Å². The summed E-state index contributed by atoms with van der Waals surface area (Å²) in [6.07, 6.45) is 24.4. The van der Waals surface area contributed by atoms with Gasteiger partial charge in [-0.25, -0.2) is 0 Å². The molecule has 0 amide bonds. The van der Waals surface area contributed by atoms with E-state index in [9.17, 15) is 40.5 Å². The average molecular weight is 883 g/mol. The smallest absolute Gasteiger partial charge is 0.306 e. The molecule has 14 heteroatoms. The van der Waals surface area contributed by atoms with Crippen LogP contribution in [0.25, 0.3) is 0 Å². The van der Waals surface area contributed by atoms with Crippen LogP contribution in [0.5, 0.6) is 0 Å². The topological polar surface area (TPSA) is 214 Å². The number of carbonyl (C=O) groups excluding carboxylic acids is 1. The molecule has 0 spiro atoms. The maximum Gasteiger partial charge on any atom is 0.306 e. The van der Waals surface area contributed by atoms with Crippen LogP contribution in [-0.4, -0.2) is 142 Å². The number of esters is 1. The minimum atomic E-state index is -1.71. The number of unbranched alkanes of at least 4 members (excludes halogenated alkanes) is 11. The van der Waals surface area contributed by atoms with Gasteiger partial charge in [0.1, 0.15) is 54.9 Å².